The van der Waals surface area contributed by atoms with Crippen molar-refractivity contribution >= 4 is 5.69 Å². The number of fused-ring (bicyclic) bond motifs is 4. The van der Waals surface area contributed by atoms with Crippen LogP contribution in [0.15, 0.2) is 36.5 Å². The van der Waals surface area contributed by atoms with E-state index < -0.39 is 0 Å². The molecule has 0 radical (unpaired) electrons. The molecule has 176 valence electrons. The molecule has 4 heterocycles. The minimum absolute atomic E-state index is 0.542. The van der Waals surface area contributed by atoms with Crippen LogP contribution in [0.3, 0.4) is 0 Å². The number of aromatic nitrogens is 1. The van der Waals surface area contributed by atoms with E-state index in [2.05, 4.69) is 57.4 Å². The molecule has 5 nitrogen and oxygen atoms in total. The number of rotatable bonds is 4. The lowest BCUT2D eigenvalue weighted by Crippen LogP contribution is -2.46. The van der Waals surface area contributed by atoms with Gasteiger partial charge in [-0.2, -0.15) is 0 Å². The van der Waals surface area contributed by atoms with Crippen molar-refractivity contribution in [2.24, 2.45) is 5.92 Å². The fourth-order valence-corrected chi connectivity index (χ4v) is 6.84. The maximum absolute atomic E-state index is 4.88. The van der Waals surface area contributed by atoms with Gasteiger partial charge < -0.3 is 15.1 Å². The maximum atomic E-state index is 4.88. The van der Waals surface area contributed by atoms with Crippen LogP contribution < -0.4 is 10.2 Å². The SMILES string of the molecule is CN1CCN(c2cccc3c2C[C@H](CCN2CCC[C@@H]4CCc5cccnc5[C@H]42)NC3)CC1. The van der Waals surface area contributed by atoms with E-state index in [1.54, 1.807) is 5.56 Å². The molecule has 0 spiro atoms. The van der Waals surface area contributed by atoms with Gasteiger partial charge in [-0.05, 0) is 86.9 Å². The zero-order chi connectivity index (χ0) is 22.2. The Bertz CT molecular complexity index is 967. The van der Waals surface area contributed by atoms with Crippen LogP contribution in [0.2, 0.25) is 0 Å². The first-order valence-corrected chi connectivity index (χ1v) is 13.2. The molecular formula is C28H39N5. The largest absolute Gasteiger partial charge is 0.369 e. The lowest BCUT2D eigenvalue weighted by atomic mass is 9.77. The summed E-state index contributed by atoms with van der Waals surface area (Å²) in [5.41, 5.74) is 7.48. The molecule has 2 fully saturated rings. The van der Waals surface area contributed by atoms with E-state index in [1.807, 2.05) is 6.20 Å². The number of anilines is 1. The molecule has 3 aliphatic heterocycles. The molecule has 2 saturated heterocycles. The van der Waals surface area contributed by atoms with E-state index in [-0.39, 0.29) is 0 Å². The first-order chi connectivity index (χ1) is 16.3. The highest BCUT2D eigenvalue weighted by molar-refractivity contribution is 5.58. The molecular weight excluding hydrogens is 406 g/mol. The first-order valence-electron chi connectivity index (χ1n) is 13.2. The molecule has 0 unspecified atom stereocenters. The summed E-state index contributed by atoms with van der Waals surface area (Å²) in [7, 11) is 2.24. The molecule has 0 amide bonds. The van der Waals surface area contributed by atoms with Crippen molar-refractivity contribution in [1.82, 2.24) is 20.1 Å². The molecule has 0 bridgehead atoms. The molecule has 1 N–H and O–H groups in total. The second-order valence-corrected chi connectivity index (χ2v) is 10.7. The molecule has 1 aromatic heterocycles. The Kier molecular flexibility index (Phi) is 6.12. The number of piperidine rings is 1. The maximum Gasteiger partial charge on any atom is 0.0610 e. The number of hydrogen-bond donors (Lipinski definition) is 1. The summed E-state index contributed by atoms with van der Waals surface area (Å²) in [5.74, 6) is 0.796. The van der Waals surface area contributed by atoms with Crippen LogP contribution >= 0.6 is 0 Å². The third kappa shape index (κ3) is 4.31. The molecule has 3 atom stereocenters. The van der Waals surface area contributed by atoms with Gasteiger partial charge in [-0.15, -0.1) is 0 Å². The van der Waals surface area contributed by atoms with Crippen molar-refractivity contribution in [2.45, 2.75) is 57.2 Å². The zero-order valence-electron chi connectivity index (χ0n) is 20.2. The first kappa shape index (κ1) is 21.6. The van der Waals surface area contributed by atoms with Crippen molar-refractivity contribution in [3.05, 3.63) is 58.9 Å². The summed E-state index contributed by atoms with van der Waals surface area (Å²) < 4.78 is 0. The predicted octanol–water partition coefficient (Wildman–Crippen LogP) is 3.64. The van der Waals surface area contributed by atoms with E-state index in [9.17, 15) is 0 Å². The van der Waals surface area contributed by atoms with Gasteiger partial charge in [0.05, 0.1) is 11.7 Å². The minimum atomic E-state index is 0.542. The van der Waals surface area contributed by atoms with Crippen LogP contribution in [-0.4, -0.2) is 67.1 Å². The highest BCUT2D eigenvalue weighted by atomic mass is 15.2. The molecule has 2 aromatic rings. The number of benzene rings is 1. The van der Waals surface area contributed by atoms with Crippen LogP contribution in [0.4, 0.5) is 5.69 Å². The number of pyridine rings is 1. The molecule has 4 aliphatic rings. The van der Waals surface area contributed by atoms with Crippen molar-refractivity contribution in [1.29, 1.82) is 0 Å². The second-order valence-electron chi connectivity index (χ2n) is 10.7. The van der Waals surface area contributed by atoms with E-state index in [1.165, 1.54) is 80.8 Å². The lowest BCUT2D eigenvalue weighted by molar-refractivity contribution is 0.0723. The highest BCUT2D eigenvalue weighted by Crippen LogP contribution is 2.43. The van der Waals surface area contributed by atoms with Crippen LogP contribution in [0, 0.1) is 5.92 Å². The van der Waals surface area contributed by atoms with Crippen LogP contribution in [0.1, 0.15) is 54.1 Å². The average Bonchev–Trinajstić information content (AvgIpc) is 2.87. The number of hydrogen-bond acceptors (Lipinski definition) is 5. The number of likely N-dealkylation sites (tertiary alicyclic amines) is 1. The van der Waals surface area contributed by atoms with E-state index >= 15 is 0 Å². The molecule has 1 aromatic carbocycles. The summed E-state index contributed by atoms with van der Waals surface area (Å²) >= 11 is 0. The Morgan fingerprint density at radius 1 is 1.00 bits per heavy atom. The Morgan fingerprint density at radius 2 is 1.88 bits per heavy atom. The third-order valence-corrected chi connectivity index (χ3v) is 8.74. The van der Waals surface area contributed by atoms with Gasteiger partial charge in [0, 0.05) is 57.2 Å². The van der Waals surface area contributed by atoms with E-state index in [0.29, 0.717) is 12.1 Å². The van der Waals surface area contributed by atoms with Gasteiger partial charge in [0.1, 0.15) is 0 Å². The summed E-state index contributed by atoms with van der Waals surface area (Å²) in [5, 5.41) is 3.87. The molecule has 1 aliphatic carbocycles. The van der Waals surface area contributed by atoms with Crippen molar-refractivity contribution in [3.63, 3.8) is 0 Å². The van der Waals surface area contributed by atoms with Crippen molar-refractivity contribution in [3.8, 4) is 0 Å². The van der Waals surface area contributed by atoms with Gasteiger partial charge in [0.25, 0.3) is 0 Å². The number of piperazine rings is 1. The summed E-state index contributed by atoms with van der Waals surface area (Å²) in [6.07, 6.45) is 9.67. The molecule has 33 heavy (non-hydrogen) atoms. The fraction of sp³-hybridized carbons (Fsp3) is 0.607. The molecule has 5 heteroatoms. The van der Waals surface area contributed by atoms with Crippen LogP contribution in [0.5, 0.6) is 0 Å². The van der Waals surface area contributed by atoms with Gasteiger partial charge >= 0.3 is 0 Å². The van der Waals surface area contributed by atoms with Crippen LogP contribution in [0.25, 0.3) is 0 Å². The van der Waals surface area contributed by atoms with Gasteiger partial charge in [-0.1, -0.05) is 18.2 Å². The fourth-order valence-electron chi connectivity index (χ4n) is 6.84. The monoisotopic (exact) mass is 445 g/mol. The smallest absolute Gasteiger partial charge is 0.0610 e. The number of likely N-dealkylation sites (N-methyl/N-ethyl adjacent to an activating group) is 1. The normalized spacial score (nSPS) is 28.2. The number of nitrogens with zero attached hydrogens (tertiary/aromatic N) is 4. The topological polar surface area (TPSA) is 34.6 Å². The van der Waals surface area contributed by atoms with Gasteiger partial charge in [0.15, 0.2) is 0 Å². The summed E-state index contributed by atoms with van der Waals surface area (Å²) in [6, 6.07) is 12.5. The third-order valence-electron chi connectivity index (χ3n) is 8.74. The molecule has 6 rings (SSSR count). The number of aryl methyl sites for hydroxylation is 1. The Balaban J connectivity index is 1.15. The van der Waals surface area contributed by atoms with Gasteiger partial charge in [0.2, 0.25) is 0 Å². The van der Waals surface area contributed by atoms with Gasteiger partial charge in [-0.25, -0.2) is 0 Å². The Labute approximate surface area is 199 Å². The van der Waals surface area contributed by atoms with Crippen molar-refractivity contribution < 1.29 is 0 Å². The van der Waals surface area contributed by atoms with Crippen molar-refractivity contribution in [2.75, 3.05) is 51.2 Å². The Hall–Kier alpha value is -1.95. The highest BCUT2D eigenvalue weighted by Gasteiger charge is 2.37. The van der Waals surface area contributed by atoms with E-state index in [4.69, 9.17) is 4.98 Å². The second kappa shape index (κ2) is 9.36. The quantitative estimate of drug-likeness (QED) is 0.777. The van der Waals surface area contributed by atoms with E-state index in [0.717, 1.165) is 32.0 Å². The predicted molar refractivity (Wildman–Crippen MR) is 135 cm³/mol. The molecule has 0 saturated carbocycles. The Morgan fingerprint density at radius 3 is 2.79 bits per heavy atom. The van der Waals surface area contributed by atoms with Crippen LogP contribution in [-0.2, 0) is 19.4 Å². The number of nitrogens with one attached hydrogen (secondary N) is 1. The minimum Gasteiger partial charge on any atom is -0.369 e. The average molecular weight is 446 g/mol. The summed E-state index contributed by atoms with van der Waals surface area (Å²) in [4.78, 5) is 12.7. The lowest BCUT2D eigenvalue weighted by Gasteiger charge is -2.45. The standard InChI is InChI=1S/C28H39N5/c1-31-15-17-32(18-16-31)26-8-2-5-23-20-30-24(19-25(23)26)11-14-33-13-4-7-22-10-9-21-6-3-12-29-27(21)28(22)33/h2-3,5-6,8,12,22,24,28,30H,4,7,9-11,13-20H2,1H3/t22-,24+,28+/m1/s1. The zero-order valence-corrected chi connectivity index (χ0v) is 20.2. The van der Waals surface area contributed by atoms with Gasteiger partial charge in [-0.3, -0.25) is 9.88 Å². The summed E-state index contributed by atoms with van der Waals surface area (Å²) in [6.45, 7) is 8.05.